The maximum absolute atomic E-state index is 14.4. The molecule has 3 N–H and O–H groups in total. The molecule has 0 bridgehead atoms. The maximum Gasteiger partial charge on any atom is 0.333 e. The van der Waals surface area contributed by atoms with Gasteiger partial charge in [0.1, 0.15) is 5.82 Å². The van der Waals surface area contributed by atoms with E-state index >= 15 is 0 Å². The molecule has 2 amide bonds. The van der Waals surface area contributed by atoms with Gasteiger partial charge in [0.05, 0.1) is 17.6 Å². The van der Waals surface area contributed by atoms with Crippen LogP contribution in [0, 0.1) is 5.82 Å². The van der Waals surface area contributed by atoms with Gasteiger partial charge < -0.3 is 14.8 Å². The first-order valence-corrected chi connectivity index (χ1v) is 10.7. The van der Waals surface area contributed by atoms with Gasteiger partial charge in [-0.25, -0.2) is 13.9 Å². The van der Waals surface area contributed by atoms with E-state index in [4.69, 9.17) is 4.42 Å². The molecule has 1 heterocycles. The highest BCUT2D eigenvalue weighted by Crippen LogP contribution is 2.34. The second-order valence-electron chi connectivity index (χ2n) is 8.01. The van der Waals surface area contributed by atoms with Crippen LogP contribution in [0.25, 0.3) is 0 Å². The number of hydrogen-bond acceptors (Lipinski definition) is 5. The van der Waals surface area contributed by atoms with Gasteiger partial charge in [0.15, 0.2) is 0 Å². The molecule has 0 aliphatic rings. The van der Waals surface area contributed by atoms with Crippen molar-refractivity contribution in [2.24, 2.45) is 0 Å². The maximum atomic E-state index is 14.4. The molecule has 0 aliphatic heterocycles. The lowest BCUT2D eigenvalue weighted by Crippen LogP contribution is -2.35. The number of hydrogen-bond donors (Lipinski definition) is 3. The van der Waals surface area contributed by atoms with Gasteiger partial charge in [-0.15, -0.1) is 0 Å². The summed E-state index contributed by atoms with van der Waals surface area (Å²) in [7, 11) is -4.33. The molecule has 0 saturated carbocycles. The number of furan rings is 1. The number of aliphatic hydroxyl groups is 1. The fourth-order valence-corrected chi connectivity index (χ4v) is 3.74. The van der Waals surface area contributed by atoms with Gasteiger partial charge in [0, 0.05) is 17.2 Å². The van der Waals surface area contributed by atoms with Crippen LogP contribution < -0.4 is 10.0 Å². The zero-order valence-electron chi connectivity index (χ0n) is 17.3. The summed E-state index contributed by atoms with van der Waals surface area (Å²) in [6.45, 7) is 10.3. The molecule has 29 heavy (non-hydrogen) atoms. The third-order valence-corrected chi connectivity index (χ3v) is 5.63. The smallest absolute Gasteiger partial charge is 0.333 e. The number of urea groups is 1. The van der Waals surface area contributed by atoms with E-state index in [0.717, 1.165) is 12.3 Å². The molecule has 0 saturated heterocycles. The Bertz CT molecular complexity index is 1000. The Morgan fingerprint density at radius 2 is 1.79 bits per heavy atom. The highest BCUT2D eigenvalue weighted by atomic mass is 32.2. The summed E-state index contributed by atoms with van der Waals surface area (Å²) in [5, 5.41) is 11.9. The molecule has 2 rings (SSSR count). The van der Waals surface area contributed by atoms with Crippen LogP contribution in [0.3, 0.4) is 0 Å². The number of nitrogens with one attached hydrogen (secondary N) is 2. The minimum Gasteiger partial charge on any atom is -0.451 e. The van der Waals surface area contributed by atoms with Crippen molar-refractivity contribution >= 4 is 21.7 Å². The zero-order valence-corrected chi connectivity index (χ0v) is 18.1. The number of benzene rings is 1. The largest absolute Gasteiger partial charge is 0.451 e. The Hall–Kier alpha value is -2.39. The predicted octanol–water partition coefficient (Wildman–Crippen LogP) is 4.40. The number of sulfonamides is 1. The molecule has 1 aromatic heterocycles. The van der Waals surface area contributed by atoms with Gasteiger partial charge >= 0.3 is 6.03 Å². The van der Waals surface area contributed by atoms with Crippen LogP contribution in [0.15, 0.2) is 34.0 Å². The SMILES string of the molecule is CC(C)c1ccc(F)c(C(C)C)c1NC(=O)NS(=O)(=O)c1cc(C(C)(C)O)co1. The van der Waals surface area contributed by atoms with Gasteiger partial charge in [-0.3, -0.25) is 0 Å². The molecule has 160 valence electrons. The minimum absolute atomic E-state index is 0.0283. The summed E-state index contributed by atoms with van der Waals surface area (Å²) in [4.78, 5) is 12.5. The number of halogens is 1. The fourth-order valence-electron chi connectivity index (χ4n) is 2.89. The molecule has 0 spiro atoms. The molecular weight excluding hydrogens is 399 g/mol. The van der Waals surface area contributed by atoms with Crippen molar-refractivity contribution in [1.29, 1.82) is 0 Å². The minimum atomic E-state index is -4.33. The first kappa shape index (κ1) is 22.9. The molecule has 0 atom stereocenters. The number of carbonyl (C=O) groups excluding carboxylic acids is 1. The first-order valence-electron chi connectivity index (χ1n) is 9.21. The summed E-state index contributed by atoms with van der Waals surface area (Å²) < 4.78 is 46.2. The van der Waals surface area contributed by atoms with Gasteiger partial charge in [-0.1, -0.05) is 33.8 Å². The zero-order chi connectivity index (χ0) is 22.1. The first-order chi connectivity index (χ1) is 13.2. The fraction of sp³-hybridized carbons (Fsp3) is 0.450. The highest BCUT2D eigenvalue weighted by Gasteiger charge is 2.27. The van der Waals surface area contributed by atoms with Crippen molar-refractivity contribution in [2.75, 3.05) is 5.32 Å². The van der Waals surface area contributed by atoms with Crippen molar-refractivity contribution in [3.63, 3.8) is 0 Å². The molecule has 9 heteroatoms. The molecule has 2 aromatic rings. The normalized spacial score (nSPS) is 12.5. The number of anilines is 1. The van der Waals surface area contributed by atoms with Gasteiger partial charge in [-0.2, -0.15) is 8.42 Å². The average molecular weight is 427 g/mol. The Morgan fingerprint density at radius 1 is 1.17 bits per heavy atom. The monoisotopic (exact) mass is 426 g/mol. The van der Waals surface area contributed by atoms with E-state index in [0.29, 0.717) is 11.1 Å². The van der Waals surface area contributed by atoms with E-state index in [1.807, 2.05) is 18.6 Å². The van der Waals surface area contributed by atoms with Crippen molar-refractivity contribution in [3.05, 3.63) is 47.0 Å². The van der Waals surface area contributed by atoms with Crippen LogP contribution in [0.4, 0.5) is 14.9 Å². The van der Waals surface area contributed by atoms with E-state index in [-0.39, 0.29) is 23.1 Å². The van der Waals surface area contributed by atoms with E-state index in [9.17, 15) is 22.7 Å². The molecule has 0 fully saturated rings. The molecule has 1 aromatic carbocycles. The quantitative estimate of drug-likeness (QED) is 0.634. The third-order valence-electron chi connectivity index (χ3n) is 4.44. The Morgan fingerprint density at radius 3 is 2.28 bits per heavy atom. The van der Waals surface area contributed by atoms with E-state index in [1.165, 1.54) is 19.9 Å². The third kappa shape index (κ3) is 5.16. The van der Waals surface area contributed by atoms with Crippen molar-refractivity contribution in [1.82, 2.24) is 4.72 Å². The molecule has 0 radical (unpaired) electrons. The Balaban J connectivity index is 2.33. The van der Waals surface area contributed by atoms with Crippen LogP contribution >= 0.6 is 0 Å². The Kier molecular flexibility index (Phi) is 6.44. The van der Waals surface area contributed by atoms with Crippen molar-refractivity contribution < 1.29 is 27.1 Å². The number of carbonyl (C=O) groups is 1. The number of amides is 2. The highest BCUT2D eigenvalue weighted by molar-refractivity contribution is 7.89. The average Bonchev–Trinajstić information content (AvgIpc) is 3.04. The Labute approximate surface area is 170 Å². The van der Waals surface area contributed by atoms with Crippen LogP contribution in [-0.2, 0) is 15.6 Å². The van der Waals surface area contributed by atoms with E-state index in [1.54, 1.807) is 19.9 Å². The van der Waals surface area contributed by atoms with Crippen LogP contribution in [0.5, 0.6) is 0 Å². The number of rotatable bonds is 6. The summed E-state index contributed by atoms with van der Waals surface area (Å²) in [6, 6.07) is 3.00. The van der Waals surface area contributed by atoms with E-state index in [2.05, 4.69) is 5.32 Å². The molecule has 7 nitrogen and oxygen atoms in total. The van der Waals surface area contributed by atoms with Crippen LogP contribution in [0.2, 0.25) is 0 Å². The van der Waals surface area contributed by atoms with Gasteiger partial charge in [0.2, 0.25) is 5.09 Å². The van der Waals surface area contributed by atoms with Crippen molar-refractivity contribution in [3.8, 4) is 0 Å². The second kappa shape index (κ2) is 8.16. The summed E-state index contributed by atoms with van der Waals surface area (Å²) in [6.07, 6.45) is 1.10. The lowest BCUT2D eigenvalue weighted by Gasteiger charge is -2.21. The summed E-state index contributed by atoms with van der Waals surface area (Å²) >= 11 is 0. The van der Waals surface area contributed by atoms with Gasteiger partial charge in [-0.05, 0) is 37.3 Å². The predicted molar refractivity (Wildman–Crippen MR) is 108 cm³/mol. The van der Waals surface area contributed by atoms with Crippen LogP contribution in [0.1, 0.15) is 70.1 Å². The summed E-state index contributed by atoms with van der Waals surface area (Å²) in [5.74, 6) is -0.747. The molecular formula is C20H27FN2O5S. The summed E-state index contributed by atoms with van der Waals surface area (Å²) in [5.41, 5.74) is 0.169. The molecule has 0 aliphatic carbocycles. The van der Waals surface area contributed by atoms with Gasteiger partial charge in [0.25, 0.3) is 10.0 Å². The molecule has 0 unspecified atom stereocenters. The van der Waals surface area contributed by atoms with Crippen LogP contribution in [-0.4, -0.2) is 19.6 Å². The lowest BCUT2D eigenvalue weighted by molar-refractivity contribution is 0.0779. The second-order valence-corrected chi connectivity index (χ2v) is 9.62. The standard InChI is InChI=1S/C20H27FN2O5S/c1-11(2)14-7-8-15(21)17(12(3)4)18(14)22-19(24)23-29(26,27)16-9-13(10-28-16)20(5,6)25/h7-12,25H,1-6H3,(H2,22,23,24). The topological polar surface area (TPSA) is 109 Å². The van der Waals surface area contributed by atoms with E-state index < -0.39 is 32.6 Å². The lowest BCUT2D eigenvalue weighted by atomic mass is 9.92. The van der Waals surface area contributed by atoms with Crippen molar-refractivity contribution in [2.45, 2.75) is 64.1 Å².